The van der Waals surface area contributed by atoms with E-state index in [2.05, 4.69) is 20.5 Å². The molecule has 1 unspecified atom stereocenters. The molecule has 1 aromatic carbocycles. The fraction of sp³-hybridized carbons (Fsp3) is 0.412. The smallest absolute Gasteiger partial charge is 0.246 e. The lowest BCUT2D eigenvalue weighted by atomic mass is 10.1. The maximum Gasteiger partial charge on any atom is 0.246 e. The molecule has 0 spiro atoms. The standard InChI is InChI=1S/C17H24N4O4S.ClH/c1-5-18-10-14-8-6-7-9-15(14)19-17(22)12(3)21-26(23,24)16-11(2)20-25-13(16)4;/h6-9,12,18,21H,5,10H2,1-4H3,(H,19,22);1H. The molecule has 0 saturated carbocycles. The fourth-order valence-electron chi connectivity index (χ4n) is 2.50. The molecular formula is C17H25ClN4O4S. The molecule has 1 aromatic heterocycles. The van der Waals surface area contributed by atoms with Crippen molar-refractivity contribution in [1.82, 2.24) is 15.2 Å². The van der Waals surface area contributed by atoms with E-state index in [4.69, 9.17) is 4.52 Å². The molecule has 3 N–H and O–H groups in total. The van der Waals surface area contributed by atoms with Crippen LogP contribution in [0.25, 0.3) is 0 Å². The first-order chi connectivity index (χ1) is 12.3. The molecule has 0 fully saturated rings. The first-order valence-corrected chi connectivity index (χ1v) is 9.79. The van der Waals surface area contributed by atoms with Crippen LogP contribution in [0.1, 0.15) is 30.9 Å². The van der Waals surface area contributed by atoms with Crippen LogP contribution in [-0.2, 0) is 21.4 Å². The third-order valence-electron chi connectivity index (χ3n) is 3.80. The predicted molar refractivity (Wildman–Crippen MR) is 105 cm³/mol. The van der Waals surface area contributed by atoms with Crippen molar-refractivity contribution in [1.29, 1.82) is 0 Å². The Morgan fingerprint density at radius 3 is 2.52 bits per heavy atom. The van der Waals surface area contributed by atoms with E-state index in [-0.39, 0.29) is 28.8 Å². The number of amides is 1. The largest absolute Gasteiger partial charge is 0.360 e. The zero-order valence-electron chi connectivity index (χ0n) is 15.7. The highest BCUT2D eigenvalue weighted by Crippen LogP contribution is 2.19. The molecule has 1 amide bonds. The quantitative estimate of drug-likeness (QED) is 0.607. The Morgan fingerprint density at radius 2 is 1.93 bits per heavy atom. The SMILES string of the molecule is CCNCc1ccccc1NC(=O)C(C)NS(=O)(=O)c1c(C)noc1C.Cl. The third kappa shape index (κ3) is 5.77. The molecule has 150 valence electrons. The van der Waals surface area contributed by atoms with Crippen LogP contribution in [0.2, 0.25) is 0 Å². The minimum atomic E-state index is -3.92. The maximum absolute atomic E-state index is 12.5. The first kappa shape index (κ1) is 23.1. The van der Waals surface area contributed by atoms with Gasteiger partial charge in [0, 0.05) is 12.2 Å². The molecule has 2 aromatic rings. The predicted octanol–water partition coefficient (Wildman–Crippen LogP) is 2.13. The number of carbonyl (C=O) groups excluding carboxylic acids is 1. The van der Waals surface area contributed by atoms with E-state index in [0.717, 1.165) is 12.1 Å². The Kier molecular flexibility index (Phi) is 8.42. The minimum Gasteiger partial charge on any atom is -0.360 e. The summed E-state index contributed by atoms with van der Waals surface area (Å²) in [4.78, 5) is 12.4. The van der Waals surface area contributed by atoms with Gasteiger partial charge in [0.1, 0.15) is 10.6 Å². The summed E-state index contributed by atoms with van der Waals surface area (Å²) < 4.78 is 32.3. The Bertz CT molecular complexity index is 863. The number of aromatic nitrogens is 1. The average molecular weight is 417 g/mol. The highest BCUT2D eigenvalue weighted by Gasteiger charge is 2.28. The second-order valence-corrected chi connectivity index (χ2v) is 7.57. The van der Waals surface area contributed by atoms with Gasteiger partial charge in [-0.05, 0) is 38.9 Å². The number of rotatable bonds is 8. The summed E-state index contributed by atoms with van der Waals surface area (Å²) in [6.07, 6.45) is 0. The first-order valence-electron chi connectivity index (χ1n) is 8.31. The summed E-state index contributed by atoms with van der Waals surface area (Å²) in [5, 5.41) is 9.61. The van der Waals surface area contributed by atoms with E-state index in [0.29, 0.717) is 12.2 Å². The topological polar surface area (TPSA) is 113 Å². The van der Waals surface area contributed by atoms with Gasteiger partial charge in [-0.3, -0.25) is 4.79 Å². The second kappa shape index (κ2) is 9.84. The highest BCUT2D eigenvalue weighted by atomic mass is 35.5. The zero-order valence-corrected chi connectivity index (χ0v) is 17.3. The number of para-hydroxylation sites is 1. The van der Waals surface area contributed by atoms with Gasteiger partial charge >= 0.3 is 0 Å². The summed E-state index contributed by atoms with van der Waals surface area (Å²) in [6.45, 7) is 7.93. The van der Waals surface area contributed by atoms with E-state index < -0.39 is 22.0 Å². The van der Waals surface area contributed by atoms with E-state index >= 15 is 0 Å². The van der Waals surface area contributed by atoms with Crippen molar-refractivity contribution in [2.75, 3.05) is 11.9 Å². The molecule has 0 aliphatic heterocycles. The van der Waals surface area contributed by atoms with Gasteiger partial charge in [-0.2, -0.15) is 4.72 Å². The lowest BCUT2D eigenvalue weighted by Gasteiger charge is -2.16. The number of sulfonamides is 1. The number of carbonyl (C=O) groups is 1. The van der Waals surface area contributed by atoms with E-state index in [9.17, 15) is 13.2 Å². The van der Waals surface area contributed by atoms with Crippen molar-refractivity contribution in [3.63, 3.8) is 0 Å². The van der Waals surface area contributed by atoms with E-state index in [1.165, 1.54) is 20.8 Å². The molecule has 2 rings (SSSR count). The summed E-state index contributed by atoms with van der Waals surface area (Å²) in [5.41, 5.74) is 1.81. The molecule has 0 aliphatic rings. The maximum atomic E-state index is 12.5. The van der Waals surface area contributed by atoms with Crippen molar-refractivity contribution < 1.29 is 17.7 Å². The number of nitrogens with one attached hydrogen (secondary N) is 3. The van der Waals surface area contributed by atoms with Crippen LogP contribution in [0, 0.1) is 13.8 Å². The van der Waals surface area contributed by atoms with Gasteiger partial charge in [0.25, 0.3) is 0 Å². The molecule has 0 radical (unpaired) electrons. The lowest BCUT2D eigenvalue weighted by Crippen LogP contribution is -2.42. The van der Waals surface area contributed by atoms with Crippen LogP contribution < -0.4 is 15.4 Å². The van der Waals surface area contributed by atoms with Gasteiger partial charge in [0.15, 0.2) is 5.76 Å². The van der Waals surface area contributed by atoms with Gasteiger partial charge in [-0.15, -0.1) is 12.4 Å². The van der Waals surface area contributed by atoms with Crippen LogP contribution in [0.3, 0.4) is 0 Å². The van der Waals surface area contributed by atoms with Crippen LogP contribution in [-0.4, -0.2) is 32.1 Å². The number of benzene rings is 1. The normalized spacial score (nSPS) is 12.3. The van der Waals surface area contributed by atoms with Crippen LogP contribution in [0.5, 0.6) is 0 Å². The molecule has 0 aliphatic carbocycles. The molecule has 1 atom stereocenters. The molecule has 8 nitrogen and oxygen atoms in total. The Labute approximate surface area is 165 Å². The minimum absolute atomic E-state index is 0. The van der Waals surface area contributed by atoms with Gasteiger partial charge in [0.2, 0.25) is 15.9 Å². The van der Waals surface area contributed by atoms with Crippen molar-refractivity contribution in [3.05, 3.63) is 41.3 Å². The van der Waals surface area contributed by atoms with E-state index in [1.54, 1.807) is 6.07 Å². The molecule has 10 heteroatoms. The zero-order chi connectivity index (χ0) is 19.3. The number of halogens is 1. The number of anilines is 1. The highest BCUT2D eigenvalue weighted by molar-refractivity contribution is 7.89. The van der Waals surface area contributed by atoms with Gasteiger partial charge in [-0.25, -0.2) is 8.42 Å². The number of hydrogen-bond donors (Lipinski definition) is 3. The monoisotopic (exact) mass is 416 g/mol. The summed E-state index contributed by atoms with van der Waals surface area (Å²) >= 11 is 0. The van der Waals surface area contributed by atoms with Crippen LogP contribution >= 0.6 is 12.4 Å². The molecule has 0 bridgehead atoms. The van der Waals surface area contributed by atoms with Crippen molar-refractivity contribution in [2.45, 2.75) is 45.2 Å². The number of nitrogens with zero attached hydrogens (tertiary/aromatic N) is 1. The van der Waals surface area contributed by atoms with Gasteiger partial charge in [0.05, 0.1) is 6.04 Å². The molecule has 0 saturated heterocycles. The summed E-state index contributed by atoms with van der Waals surface area (Å²) in [6, 6.07) is 6.40. The number of aryl methyl sites for hydroxylation is 2. The van der Waals surface area contributed by atoms with Crippen molar-refractivity contribution in [3.8, 4) is 0 Å². The van der Waals surface area contributed by atoms with Crippen LogP contribution in [0.4, 0.5) is 5.69 Å². The Balaban J connectivity index is 0.00000364. The average Bonchev–Trinajstić information content (AvgIpc) is 2.93. The summed E-state index contributed by atoms with van der Waals surface area (Å²) in [5.74, 6) is -0.275. The lowest BCUT2D eigenvalue weighted by molar-refractivity contribution is -0.117. The molecule has 1 heterocycles. The second-order valence-electron chi connectivity index (χ2n) is 5.92. The Morgan fingerprint density at radius 1 is 1.26 bits per heavy atom. The van der Waals surface area contributed by atoms with Gasteiger partial charge in [-0.1, -0.05) is 30.3 Å². The third-order valence-corrected chi connectivity index (χ3v) is 5.59. The summed E-state index contributed by atoms with van der Waals surface area (Å²) in [7, 11) is -3.92. The molecular weight excluding hydrogens is 392 g/mol. The number of hydrogen-bond acceptors (Lipinski definition) is 6. The van der Waals surface area contributed by atoms with E-state index in [1.807, 2.05) is 25.1 Å². The Hall–Kier alpha value is -1.94. The fourth-order valence-corrected chi connectivity index (χ4v) is 4.03. The van der Waals surface area contributed by atoms with Crippen molar-refractivity contribution >= 4 is 34.0 Å². The van der Waals surface area contributed by atoms with Crippen molar-refractivity contribution in [2.24, 2.45) is 0 Å². The van der Waals surface area contributed by atoms with Crippen LogP contribution in [0.15, 0.2) is 33.7 Å². The molecule has 27 heavy (non-hydrogen) atoms. The van der Waals surface area contributed by atoms with Gasteiger partial charge < -0.3 is 15.2 Å².